The normalized spacial score (nSPS) is 20.5. The first kappa shape index (κ1) is 16.5. The van der Waals surface area contributed by atoms with Gasteiger partial charge in [-0.25, -0.2) is 9.37 Å². The van der Waals surface area contributed by atoms with Crippen molar-refractivity contribution in [1.82, 2.24) is 19.6 Å². The number of aliphatic hydroxyl groups is 1. The molecule has 5 nitrogen and oxygen atoms in total. The molecule has 132 valence electrons. The van der Waals surface area contributed by atoms with Crippen LogP contribution in [0.15, 0.2) is 23.2 Å². The lowest BCUT2D eigenvalue weighted by atomic mass is 10.3. The van der Waals surface area contributed by atoms with Crippen LogP contribution in [0.3, 0.4) is 0 Å². The third-order valence-electron chi connectivity index (χ3n) is 4.25. The number of thioether (sulfide) groups is 1. The molecule has 2 heterocycles. The molecule has 0 unspecified atom stereocenters. The zero-order valence-corrected chi connectivity index (χ0v) is 13.5. The fourth-order valence-corrected chi connectivity index (χ4v) is 3.99. The molecule has 0 spiro atoms. The molecule has 1 aliphatic carbocycles. The van der Waals surface area contributed by atoms with E-state index in [1.807, 2.05) is 0 Å². The Balaban J connectivity index is 1.85. The van der Waals surface area contributed by atoms with Crippen molar-refractivity contribution in [1.29, 1.82) is 0 Å². The third kappa shape index (κ3) is 2.93. The van der Waals surface area contributed by atoms with Crippen molar-refractivity contribution in [3.8, 4) is 0 Å². The topological polar surface area (TPSA) is 63.3 Å². The maximum atomic E-state index is 13.6. The second-order valence-electron chi connectivity index (χ2n) is 5.98. The van der Waals surface area contributed by atoms with Gasteiger partial charge in [0.1, 0.15) is 10.8 Å². The predicted octanol–water partition coefficient (Wildman–Crippen LogP) is 3.16. The lowest BCUT2D eigenvalue weighted by molar-refractivity contribution is -0.145. The molecule has 25 heavy (non-hydrogen) atoms. The average molecular weight is 372 g/mol. The van der Waals surface area contributed by atoms with Gasteiger partial charge in [-0.1, -0.05) is 0 Å². The summed E-state index contributed by atoms with van der Waals surface area (Å²) in [5.74, 6) is -0.703. The van der Waals surface area contributed by atoms with Gasteiger partial charge in [0.15, 0.2) is 5.65 Å². The highest BCUT2D eigenvalue weighted by Crippen LogP contribution is 2.42. The van der Waals surface area contributed by atoms with E-state index in [2.05, 4.69) is 15.2 Å². The van der Waals surface area contributed by atoms with E-state index < -0.39 is 17.8 Å². The van der Waals surface area contributed by atoms with Crippen molar-refractivity contribution in [3.63, 3.8) is 0 Å². The lowest BCUT2D eigenvalue weighted by Gasteiger charge is -2.10. The van der Waals surface area contributed by atoms with Crippen LogP contribution in [0.5, 0.6) is 0 Å². The van der Waals surface area contributed by atoms with Gasteiger partial charge < -0.3 is 5.11 Å². The SMILES string of the molecule is OC[C@H]1C[C@H]1CSc1nc2ccc(F)cc2n2c(C(F)(F)F)nnc12. The summed E-state index contributed by atoms with van der Waals surface area (Å²) in [6.45, 7) is 0.105. The minimum absolute atomic E-state index is 0.0312. The molecule has 2 atom stereocenters. The molecule has 0 amide bonds. The quantitative estimate of drug-likeness (QED) is 0.563. The van der Waals surface area contributed by atoms with E-state index in [4.69, 9.17) is 5.11 Å². The largest absolute Gasteiger partial charge is 0.452 e. The minimum atomic E-state index is -4.72. The molecular weight excluding hydrogens is 360 g/mol. The summed E-state index contributed by atoms with van der Waals surface area (Å²) >= 11 is 1.28. The Morgan fingerprint density at radius 3 is 2.72 bits per heavy atom. The minimum Gasteiger partial charge on any atom is -0.396 e. The summed E-state index contributed by atoms with van der Waals surface area (Å²) < 4.78 is 54.1. The monoisotopic (exact) mass is 372 g/mol. The van der Waals surface area contributed by atoms with Gasteiger partial charge in [0, 0.05) is 18.4 Å². The van der Waals surface area contributed by atoms with Crippen molar-refractivity contribution < 1.29 is 22.7 Å². The van der Waals surface area contributed by atoms with Crippen LogP contribution in [0.1, 0.15) is 12.2 Å². The van der Waals surface area contributed by atoms with Crippen LogP contribution in [0.2, 0.25) is 0 Å². The molecule has 10 heteroatoms. The van der Waals surface area contributed by atoms with Crippen molar-refractivity contribution in [3.05, 3.63) is 29.8 Å². The van der Waals surface area contributed by atoms with Crippen LogP contribution in [0.4, 0.5) is 17.6 Å². The number of hydrogen-bond donors (Lipinski definition) is 1. The number of fused-ring (bicyclic) bond motifs is 3. The smallest absolute Gasteiger partial charge is 0.396 e. The van der Waals surface area contributed by atoms with Gasteiger partial charge >= 0.3 is 6.18 Å². The van der Waals surface area contributed by atoms with E-state index in [0.717, 1.165) is 23.0 Å². The van der Waals surface area contributed by atoms with Crippen LogP contribution in [-0.4, -0.2) is 37.0 Å². The van der Waals surface area contributed by atoms with E-state index >= 15 is 0 Å². The molecule has 4 rings (SSSR count). The number of rotatable bonds is 4. The molecule has 0 radical (unpaired) electrons. The number of aromatic nitrogens is 4. The van der Waals surface area contributed by atoms with Crippen molar-refractivity contribution in [2.24, 2.45) is 11.8 Å². The summed E-state index contributed by atoms with van der Waals surface area (Å²) in [7, 11) is 0. The first-order valence-electron chi connectivity index (χ1n) is 7.53. The molecule has 1 aromatic carbocycles. The molecule has 1 N–H and O–H groups in total. The zero-order chi connectivity index (χ0) is 17.8. The van der Waals surface area contributed by atoms with Crippen molar-refractivity contribution in [2.75, 3.05) is 12.4 Å². The molecular formula is C15H12F4N4OS. The highest BCUT2D eigenvalue weighted by atomic mass is 32.2. The lowest BCUT2D eigenvalue weighted by Crippen LogP contribution is -2.12. The van der Waals surface area contributed by atoms with Crippen LogP contribution in [-0.2, 0) is 6.18 Å². The number of halogens is 4. The molecule has 0 bridgehead atoms. The maximum absolute atomic E-state index is 13.6. The summed E-state index contributed by atoms with van der Waals surface area (Å²) in [6, 6.07) is 3.48. The fraction of sp³-hybridized carbons (Fsp3) is 0.400. The van der Waals surface area contributed by atoms with Crippen LogP contribution in [0.25, 0.3) is 16.7 Å². The van der Waals surface area contributed by atoms with E-state index in [0.29, 0.717) is 16.7 Å². The Kier molecular flexibility index (Phi) is 3.84. The second-order valence-corrected chi connectivity index (χ2v) is 6.99. The van der Waals surface area contributed by atoms with Gasteiger partial charge in [-0.3, -0.25) is 4.40 Å². The molecule has 2 aromatic heterocycles. The molecule has 1 aliphatic rings. The van der Waals surface area contributed by atoms with E-state index in [1.165, 1.54) is 17.8 Å². The standard InChI is InChI=1S/C15H12F4N4OS/c16-9-1-2-10-11(4-9)23-12(21-22-14(23)15(17,18)19)13(20-10)25-6-8-3-7(8)5-24/h1-2,4,7-8,24H,3,5-6H2/t7-,8+/m1/s1. The zero-order valence-electron chi connectivity index (χ0n) is 12.7. The Morgan fingerprint density at radius 1 is 1.24 bits per heavy atom. The Morgan fingerprint density at radius 2 is 2.04 bits per heavy atom. The molecule has 0 aliphatic heterocycles. The number of aliphatic hydroxyl groups excluding tert-OH is 1. The fourth-order valence-electron chi connectivity index (χ4n) is 2.79. The maximum Gasteiger partial charge on any atom is 0.452 e. The van der Waals surface area contributed by atoms with Crippen LogP contribution < -0.4 is 0 Å². The first-order valence-corrected chi connectivity index (χ1v) is 8.52. The number of alkyl halides is 3. The molecule has 3 aromatic rings. The van der Waals surface area contributed by atoms with Gasteiger partial charge in [0.25, 0.3) is 0 Å². The Labute approximate surface area is 143 Å². The Hall–Kier alpha value is -1.94. The number of nitrogens with zero attached hydrogens (tertiary/aromatic N) is 4. The highest BCUT2D eigenvalue weighted by Gasteiger charge is 2.39. The summed E-state index contributed by atoms with van der Waals surface area (Å²) in [5, 5.41) is 16.3. The van der Waals surface area contributed by atoms with E-state index in [1.54, 1.807) is 0 Å². The molecule has 1 fully saturated rings. The molecule has 0 saturated heterocycles. The van der Waals surface area contributed by atoms with Crippen LogP contribution >= 0.6 is 11.8 Å². The van der Waals surface area contributed by atoms with Gasteiger partial charge in [0.2, 0.25) is 5.82 Å². The third-order valence-corrected chi connectivity index (χ3v) is 5.39. The first-order chi connectivity index (χ1) is 11.9. The summed E-state index contributed by atoms with van der Waals surface area (Å²) in [4.78, 5) is 4.33. The average Bonchev–Trinajstić information content (AvgIpc) is 3.16. The van der Waals surface area contributed by atoms with E-state index in [-0.39, 0.29) is 29.2 Å². The molecule has 1 saturated carbocycles. The van der Waals surface area contributed by atoms with Gasteiger partial charge in [-0.15, -0.1) is 22.0 Å². The second kappa shape index (κ2) is 5.80. The number of hydrogen-bond acceptors (Lipinski definition) is 5. The van der Waals surface area contributed by atoms with Gasteiger partial charge in [-0.05, 0) is 30.4 Å². The summed E-state index contributed by atoms with van der Waals surface area (Å²) in [5.41, 5.74) is 0.157. The predicted molar refractivity (Wildman–Crippen MR) is 82.7 cm³/mol. The van der Waals surface area contributed by atoms with E-state index in [9.17, 15) is 17.6 Å². The van der Waals surface area contributed by atoms with Crippen LogP contribution in [0, 0.1) is 17.7 Å². The highest BCUT2D eigenvalue weighted by molar-refractivity contribution is 7.99. The van der Waals surface area contributed by atoms with Gasteiger partial charge in [0.05, 0.1) is 11.0 Å². The summed E-state index contributed by atoms with van der Waals surface area (Å²) in [6.07, 6.45) is -3.83. The van der Waals surface area contributed by atoms with Crippen molar-refractivity contribution in [2.45, 2.75) is 17.6 Å². The number of benzene rings is 1. The van der Waals surface area contributed by atoms with Crippen molar-refractivity contribution >= 4 is 28.4 Å². The van der Waals surface area contributed by atoms with Gasteiger partial charge in [-0.2, -0.15) is 13.2 Å². The Bertz CT molecular complexity index is 958.